The highest BCUT2D eigenvalue weighted by Crippen LogP contribution is 2.54. The number of amides is 1. The van der Waals surface area contributed by atoms with Gasteiger partial charge in [-0.1, -0.05) is 12.6 Å². The highest BCUT2D eigenvalue weighted by molar-refractivity contribution is 7.23. The first kappa shape index (κ1) is 31.7. The van der Waals surface area contributed by atoms with E-state index in [9.17, 15) is 27.6 Å². The van der Waals surface area contributed by atoms with E-state index in [0.29, 0.717) is 42.8 Å². The van der Waals surface area contributed by atoms with Gasteiger partial charge in [0.25, 0.3) is 0 Å². The molecule has 4 aromatic rings. The van der Waals surface area contributed by atoms with E-state index in [-0.39, 0.29) is 73.4 Å². The van der Waals surface area contributed by atoms with Gasteiger partial charge in [0.2, 0.25) is 11.9 Å². The predicted molar refractivity (Wildman–Crippen MR) is 177 cm³/mol. The number of alkyl halides is 3. The molecular weight excluding hydrogens is 663 g/mol. The molecule has 9 nitrogen and oxygen atoms in total. The molecule has 15 heteroatoms. The first-order valence-corrected chi connectivity index (χ1v) is 16.8. The van der Waals surface area contributed by atoms with Crippen molar-refractivity contribution >= 4 is 55.0 Å². The van der Waals surface area contributed by atoms with E-state index in [2.05, 4.69) is 16.5 Å². The molecule has 1 aliphatic carbocycles. The summed E-state index contributed by atoms with van der Waals surface area (Å²) in [6.45, 7) is 7.50. The van der Waals surface area contributed by atoms with Crippen molar-refractivity contribution in [3.05, 3.63) is 53.6 Å². The molecule has 49 heavy (non-hydrogen) atoms. The highest BCUT2D eigenvalue weighted by atomic mass is 32.1. The summed E-state index contributed by atoms with van der Waals surface area (Å²) in [6.07, 6.45) is -0.848. The molecule has 2 N–H and O–H groups in total. The number of hydrogen-bond acceptors (Lipinski definition) is 9. The van der Waals surface area contributed by atoms with Crippen LogP contribution in [-0.4, -0.2) is 84.1 Å². The minimum absolute atomic E-state index is 0.0881. The van der Waals surface area contributed by atoms with E-state index in [1.165, 1.54) is 18.9 Å². The fourth-order valence-electron chi connectivity index (χ4n) is 7.58. The van der Waals surface area contributed by atoms with Crippen LogP contribution >= 0.6 is 11.3 Å². The third-order valence-electron chi connectivity index (χ3n) is 10.6. The average Bonchev–Trinajstić information content (AvgIpc) is 3.53. The summed E-state index contributed by atoms with van der Waals surface area (Å²) in [5, 5.41) is 9.39. The molecule has 4 fully saturated rings. The van der Waals surface area contributed by atoms with Crippen LogP contribution in [0.25, 0.3) is 32.1 Å². The third kappa shape index (κ3) is 4.98. The van der Waals surface area contributed by atoms with Gasteiger partial charge in [-0.25, -0.2) is 13.8 Å². The monoisotopic (exact) mass is 694 g/mol. The number of likely N-dealkylation sites (N-methyl/N-ethyl adjacent to an activating group) is 1. The number of nitriles is 1. The van der Waals surface area contributed by atoms with Crippen molar-refractivity contribution in [3.8, 4) is 17.2 Å². The Morgan fingerprint density at radius 2 is 1.94 bits per heavy atom. The maximum atomic E-state index is 17.1. The first-order valence-electron chi connectivity index (χ1n) is 16.0. The lowest BCUT2D eigenvalue weighted by molar-refractivity contribution is -0.137. The summed E-state index contributed by atoms with van der Waals surface area (Å²) in [5.41, 5.74) is 3.39. The number of halogens is 5. The smallest absolute Gasteiger partial charge is 0.389 e. The summed E-state index contributed by atoms with van der Waals surface area (Å²) in [4.78, 5) is 29.2. The number of likely N-dealkylation sites (tertiary alicyclic amines) is 2. The number of carbonyl (C=O) groups is 1. The summed E-state index contributed by atoms with van der Waals surface area (Å²) < 4.78 is 76.7. The molecule has 2 aromatic heterocycles. The fraction of sp³-hybridized carbons (Fsp3) is 0.412. The van der Waals surface area contributed by atoms with Gasteiger partial charge in [-0.2, -0.15) is 23.4 Å². The number of benzene rings is 2. The molecule has 1 amide bonds. The quantitative estimate of drug-likeness (QED) is 0.201. The van der Waals surface area contributed by atoms with Crippen LogP contribution in [0.1, 0.15) is 30.4 Å². The zero-order valence-electron chi connectivity index (χ0n) is 26.4. The van der Waals surface area contributed by atoms with Crippen LogP contribution in [0, 0.1) is 28.4 Å². The normalized spacial score (nSPS) is 20.5. The fourth-order valence-corrected chi connectivity index (χ4v) is 8.53. The van der Waals surface area contributed by atoms with Crippen LogP contribution in [0.15, 0.2) is 30.9 Å². The number of nitrogens with two attached hydrogens (primary N) is 1. The molecular formula is C34H31F5N8OS. The molecule has 5 heterocycles. The number of anilines is 3. The Morgan fingerprint density at radius 3 is 2.59 bits per heavy atom. The largest absolute Gasteiger partial charge is 0.417 e. The van der Waals surface area contributed by atoms with Crippen molar-refractivity contribution < 1.29 is 26.7 Å². The molecule has 8 rings (SSSR count). The summed E-state index contributed by atoms with van der Waals surface area (Å²) in [5.74, 6) is -2.05. The second-order valence-corrected chi connectivity index (χ2v) is 14.7. The molecule has 3 aliphatic heterocycles. The second-order valence-electron chi connectivity index (χ2n) is 13.6. The van der Waals surface area contributed by atoms with E-state index in [1.54, 1.807) is 16.8 Å². The third-order valence-corrected chi connectivity index (χ3v) is 11.7. The average molecular weight is 695 g/mol. The summed E-state index contributed by atoms with van der Waals surface area (Å²) >= 11 is 0.715. The van der Waals surface area contributed by atoms with Gasteiger partial charge in [0, 0.05) is 74.7 Å². The van der Waals surface area contributed by atoms with Crippen LogP contribution in [0.4, 0.5) is 38.7 Å². The topological polar surface area (TPSA) is 106 Å². The number of nitrogens with zero attached hydrogens (tertiary/aromatic N) is 7. The standard InChI is InChI=1S/C34H31F5N8OS/c1-3-24(48)45-9-6-17(12-45)44(2)31-20-10-22(34(37,38)39)26(19-4-5-23(35)29-25(19)21(11-40)30(41)49-29)27(36)28(20)42-32(43-31)46-13-18(14-46)47-15-33(16-47)7-8-33/h3-5,10,17-18H,1,6-9,12-16,41H2,2H3/t17-/m1/s1. The molecule has 1 atom stereocenters. The minimum atomic E-state index is -5.06. The molecule has 4 aliphatic rings. The van der Waals surface area contributed by atoms with Gasteiger partial charge in [-0.05, 0) is 48.4 Å². The second kappa shape index (κ2) is 11.0. The number of fused-ring (bicyclic) bond motifs is 2. The van der Waals surface area contributed by atoms with Crippen LogP contribution in [0.5, 0.6) is 0 Å². The van der Waals surface area contributed by atoms with Crippen LogP contribution in [0.2, 0.25) is 0 Å². The van der Waals surface area contributed by atoms with Crippen LogP contribution < -0.4 is 15.5 Å². The lowest BCUT2D eigenvalue weighted by Crippen LogP contribution is -2.66. The zero-order valence-corrected chi connectivity index (χ0v) is 27.3. The molecule has 3 saturated heterocycles. The Hall–Kier alpha value is -4.55. The number of nitrogen functional groups attached to an aromatic ring is 1. The first-order chi connectivity index (χ1) is 23.3. The van der Waals surface area contributed by atoms with Crippen molar-refractivity contribution in [2.24, 2.45) is 5.41 Å². The SMILES string of the molecule is C=CC(=O)N1CC[C@@H](N(C)c2nc(N3CC(N4CC5(CC5)C4)C3)nc3c(F)c(-c4ccc(F)c5sc(N)c(C#N)c45)c(C(F)(F)F)cc23)C1. The molecule has 0 radical (unpaired) electrons. The minimum Gasteiger partial charge on any atom is -0.389 e. The molecule has 1 spiro atoms. The Labute approximate surface area is 282 Å². The van der Waals surface area contributed by atoms with Gasteiger partial charge in [0.15, 0.2) is 5.82 Å². The number of aromatic nitrogens is 2. The van der Waals surface area contributed by atoms with E-state index in [4.69, 9.17) is 10.7 Å². The Morgan fingerprint density at radius 1 is 1.20 bits per heavy atom. The molecule has 1 saturated carbocycles. The summed E-state index contributed by atoms with van der Waals surface area (Å²) in [6, 6.07) is 4.62. The zero-order chi connectivity index (χ0) is 34.6. The Balaban J connectivity index is 1.30. The van der Waals surface area contributed by atoms with Gasteiger partial charge in [0.05, 0.1) is 15.8 Å². The van der Waals surface area contributed by atoms with Crippen molar-refractivity contribution in [2.45, 2.75) is 37.5 Å². The van der Waals surface area contributed by atoms with Gasteiger partial charge < -0.3 is 20.4 Å². The van der Waals surface area contributed by atoms with E-state index < -0.39 is 28.9 Å². The molecule has 254 valence electrons. The van der Waals surface area contributed by atoms with Crippen molar-refractivity contribution in [2.75, 3.05) is 61.8 Å². The highest BCUT2D eigenvalue weighted by Gasteiger charge is 2.55. The number of thiophene rings is 1. The lowest BCUT2D eigenvalue weighted by Gasteiger charge is -2.52. The molecule has 2 aromatic carbocycles. The lowest BCUT2D eigenvalue weighted by atomic mass is 9.92. The van der Waals surface area contributed by atoms with E-state index in [0.717, 1.165) is 31.3 Å². The van der Waals surface area contributed by atoms with Crippen molar-refractivity contribution in [1.82, 2.24) is 19.8 Å². The number of hydrogen-bond donors (Lipinski definition) is 1. The molecule has 0 unspecified atom stereocenters. The Bertz CT molecular complexity index is 2110. The van der Waals surface area contributed by atoms with Crippen molar-refractivity contribution in [3.63, 3.8) is 0 Å². The van der Waals surface area contributed by atoms with E-state index >= 15 is 4.39 Å². The van der Waals surface area contributed by atoms with Gasteiger partial charge in [-0.15, -0.1) is 11.3 Å². The number of carbonyl (C=O) groups excluding carboxylic acids is 1. The number of rotatable bonds is 6. The maximum Gasteiger partial charge on any atom is 0.417 e. The van der Waals surface area contributed by atoms with Gasteiger partial charge in [-0.3, -0.25) is 9.69 Å². The summed E-state index contributed by atoms with van der Waals surface area (Å²) in [7, 11) is 1.67. The maximum absolute atomic E-state index is 17.1. The van der Waals surface area contributed by atoms with Gasteiger partial charge >= 0.3 is 6.18 Å². The van der Waals surface area contributed by atoms with Crippen LogP contribution in [-0.2, 0) is 11.0 Å². The van der Waals surface area contributed by atoms with Crippen LogP contribution in [0.3, 0.4) is 0 Å². The van der Waals surface area contributed by atoms with E-state index in [1.807, 2.05) is 11.0 Å². The molecule has 0 bridgehead atoms. The predicted octanol–water partition coefficient (Wildman–Crippen LogP) is 5.77. The Kier molecular flexibility index (Phi) is 7.10. The van der Waals surface area contributed by atoms with Gasteiger partial charge in [0.1, 0.15) is 28.2 Å². The van der Waals surface area contributed by atoms with Crippen molar-refractivity contribution in [1.29, 1.82) is 5.26 Å².